The fourth-order valence-corrected chi connectivity index (χ4v) is 5.42. The normalized spacial score (nSPS) is 17.1. The van der Waals surface area contributed by atoms with Crippen molar-refractivity contribution in [2.75, 3.05) is 12.4 Å². The van der Waals surface area contributed by atoms with E-state index in [9.17, 15) is 9.18 Å². The Morgan fingerprint density at radius 2 is 2.16 bits per heavy atom. The van der Waals surface area contributed by atoms with Gasteiger partial charge in [0.15, 0.2) is 5.16 Å². The third-order valence-corrected chi connectivity index (χ3v) is 7.42. The molecule has 0 bridgehead atoms. The van der Waals surface area contributed by atoms with Crippen molar-refractivity contribution < 1.29 is 13.9 Å². The van der Waals surface area contributed by atoms with Gasteiger partial charge in [0, 0.05) is 17.2 Å². The van der Waals surface area contributed by atoms with Crippen LogP contribution < -0.4 is 5.32 Å². The predicted molar refractivity (Wildman–Crippen MR) is 122 cm³/mol. The number of imidazole rings is 1. The molecule has 0 radical (unpaired) electrons. The fourth-order valence-electron chi connectivity index (χ4n) is 3.70. The number of carbonyl (C=O) groups is 1. The average molecular weight is 460 g/mol. The monoisotopic (exact) mass is 459 g/mol. The number of rotatable bonds is 8. The van der Waals surface area contributed by atoms with Crippen molar-refractivity contribution in [1.82, 2.24) is 14.9 Å². The van der Waals surface area contributed by atoms with Crippen LogP contribution >= 0.6 is 23.1 Å². The Kier molecular flexibility index (Phi) is 7.09. The zero-order valence-corrected chi connectivity index (χ0v) is 19.3. The van der Waals surface area contributed by atoms with Crippen LogP contribution in [-0.2, 0) is 16.1 Å². The van der Waals surface area contributed by atoms with Gasteiger partial charge in [-0.1, -0.05) is 30.0 Å². The van der Waals surface area contributed by atoms with Crippen LogP contribution in [-0.4, -0.2) is 33.9 Å². The zero-order chi connectivity index (χ0) is 21.8. The van der Waals surface area contributed by atoms with Gasteiger partial charge in [-0.2, -0.15) is 0 Å². The molecule has 1 aromatic carbocycles. The molecule has 1 amide bonds. The van der Waals surface area contributed by atoms with E-state index in [0.717, 1.165) is 53.0 Å². The second-order valence-corrected chi connectivity index (χ2v) is 9.59. The molecule has 3 heterocycles. The van der Waals surface area contributed by atoms with Crippen molar-refractivity contribution in [3.63, 3.8) is 0 Å². The summed E-state index contributed by atoms with van der Waals surface area (Å²) < 4.78 is 21.3. The number of hydrogen-bond acceptors (Lipinski definition) is 5. The molecule has 3 aromatic rings. The number of benzene rings is 1. The molecule has 1 aliphatic heterocycles. The van der Waals surface area contributed by atoms with Gasteiger partial charge in [0.25, 0.3) is 0 Å². The van der Waals surface area contributed by atoms with E-state index in [1.54, 1.807) is 23.5 Å². The van der Waals surface area contributed by atoms with Crippen LogP contribution in [0.4, 0.5) is 4.39 Å². The van der Waals surface area contributed by atoms with Gasteiger partial charge in [-0.25, -0.2) is 9.37 Å². The van der Waals surface area contributed by atoms with Gasteiger partial charge in [-0.05, 0) is 55.8 Å². The number of amides is 1. The van der Waals surface area contributed by atoms with E-state index in [-0.39, 0.29) is 29.6 Å². The summed E-state index contributed by atoms with van der Waals surface area (Å²) in [5.41, 5.74) is 2.94. The Labute approximate surface area is 190 Å². The number of nitrogens with zero attached hydrogens (tertiary/aromatic N) is 2. The van der Waals surface area contributed by atoms with Crippen LogP contribution in [0.1, 0.15) is 40.7 Å². The Morgan fingerprint density at radius 1 is 1.35 bits per heavy atom. The Morgan fingerprint density at radius 3 is 2.84 bits per heavy atom. The first-order valence-electron chi connectivity index (χ1n) is 10.4. The molecule has 0 spiro atoms. The second kappa shape index (κ2) is 9.97. The van der Waals surface area contributed by atoms with E-state index in [0.29, 0.717) is 0 Å². The Balaban J connectivity index is 1.44. The lowest BCUT2D eigenvalue weighted by Gasteiger charge is -2.18. The summed E-state index contributed by atoms with van der Waals surface area (Å²) in [7, 11) is 0. The molecule has 5 nitrogen and oxygen atoms in total. The first-order chi connectivity index (χ1) is 15.0. The van der Waals surface area contributed by atoms with E-state index >= 15 is 0 Å². The van der Waals surface area contributed by atoms with Gasteiger partial charge in [0.2, 0.25) is 5.91 Å². The number of carbonyl (C=O) groups excluding carboxylic acids is 1. The second-order valence-electron chi connectivity index (χ2n) is 7.67. The summed E-state index contributed by atoms with van der Waals surface area (Å²) in [4.78, 5) is 18.5. The largest absolute Gasteiger partial charge is 0.376 e. The highest BCUT2D eigenvalue weighted by Gasteiger charge is 2.22. The summed E-state index contributed by atoms with van der Waals surface area (Å²) in [5.74, 6) is -0.126. The smallest absolute Gasteiger partial charge is 0.231 e. The zero-order valence-electron chi connectivity index (χ0n) is 17.6. The molecule has 4 rings (SSSR count). The minimum atomic E-state index is -0.302. The molecule has 8 heteroatoms. The number of aryl methyl sites for hydroxylation is 1. The van der Waals surface area contributed by atoms with E-state index < -0.39 is 0 Å². The molecular formula is C23H26FN3O2S2. The molecule has 0 saturated carbocycles. The third kappa shape index (κ3) is 5.37. The molecule has 2 atom stereocenters. The molecule has 1 aliphatic rings. The molecule has 1 N–H and O–H groups in total. The first kappa shape index (κ1) is 22.0. The van der Waals surface area contributed by atoms with Gasteiger partial charge < -0.3 is 14.6 Å². The maximum Gasteiger partial charge on any atom is 0.231 e. The predicted octanol–water partition coefficient (Wildman–Crippen LogP) is 4.88. The summed E-state index contributed by atoms with van der Waals surface area (Å²) >= 11 is 3.00. The van der Waals surface area contributed by atoms with Gasteiger partial charge in [-0.15, -0.1) is 11.3 Å². The lowest BCUT2D eigenvalue weighted by Crippen LogP contribution is -2.30. The summed E-state index contributed by atoms with van der Waals surface area (Å²) in [5, 5.41) is 5.92. The quantitative estimate of drug-likeness (QED) is 0.488. The van der Waals surface area contributed by atoms with E-state index in [1.165, 1.54) is 23.9 Å². The van der Waals surface area contributed by atoms with Crippen LogP contribution in [0.2, 0.25) is 0 Å². The van der Waals surface area contributed by atoms with E-state index in [2.05, 4.69) is 21.8 Å². The fraction of sp³-hybridized carbons (Fsp3) is 0.391. The van der Waals surface area contributed by atoms with Crippen molar-refractivity contribution in [3.8, 4) is 0 Å². The first-order valence-corrected chi connectivity index (χ1v) is 12.2. The highest BCUT2D eigenvalue weighted by atomic mass is 32.2. The highest BCUT2D eigenvalue weighted by Crippen LogP contribution is 2.28. The molecule has 1 saturated heterocycles. The van der Waals surface area contributed by atoms with Gasteiger partial charge in [-0.3, -0.25) is 4.79 Å². The summed E-state index contributed by atoms with van der Waals surface area (Å²) in [6.45, 7) is 5.63. The third-order valence-electron chi connectivity index (χ3n) is 5.50. The number of halogens is 1. The Bertz CT molecular complexity index is 1010. The molecule has 164 valence electrons. The number of aromatic nitrogens is 2. The molecule has 31 heavy (non-hydrogen) atoms. The van der Waals surface area contributed by atoms with Crippen molar-refractivity contribution in [2.45, 2.75) is 50.5 Å². The van der Waals surface area contributed by atoms with Crippen LogP contribution in [0.3, 0.4) is 0 Å². The van der Waals surface area contributed by atoms with E-state index in [1.807, 2.05) is 24.4 Å². The lowest BCUT2D eigenvalue weighted by molar-refractivity contribution is -0.119. The standard InChI is InChI=1S/C23H26FN3O2S2/c1-15-16(2)27(13-19-5-3-11-29-19)23(25-15)31-14-21(28)26-22(20-6-4-12-30-20)17-7-9-18(24)10-8-17/h4,6-10,12,19,22H,3,5,11,13-14H2,1-2H3,(H,26,28)/t19-,22+/m0/s1. The van der Waals surface area contributed by atoms with E-state index in [4.69, 9.17) is 4.74 Å². The highest BCUT2D eigenvalue weighted by molar-refractivity contribution is 7.99. The molecule has 0 unspecified atom stereocenters. The maximum absolute atomic E-state index is 13.4. The maximum atomic E-state index is 13.4. The number of ether oxygens (including phenoxy) is 1. The number of hydrogen-bond donors (Lipinski definition) is 1. The van der Waals surface area contributed by atoms with Crippen LogP contribution in [0.5, 0.6) is 0 Å². The van der Waals surface area contributed by atoms with Gasteiger partial charge in [0.05, 0.1) is 30.1 Å². The summed E-state index contributed by atoms with van der Waals surface area (Å²) in [6, 6.07) is 9.90. The van der Waals surface area contributed by atoms with Gasteiger partial charge >= 0.3 is 0 Å². The van der Waals surface area contributed by atoms with Crippen LogP contribution in [0.15, 0.2) is 46.9 Å². The topological polar surface area (TPSA) is 56.2 Å². The summed E-state index contributed by atoms with van der Waals surface area (Å²) in [6.07, 6.45) is 2.36. The molecular weight excluding hydrogens is 433 g/mol. The van der Waals surface area contributed by atoms with Crippen LogP contribution in [0.25, 0.3) is 0 Å². The number of thiophene rings is 1. The number of thioether (sulfide) groups is 1. The Hall–Kier alpha value is -2.16. The van der Waals surface area contributed by atoms with Crippen molar-refractivity contribution in [1.29, 1.82) is 0 Å². The molecule has 2 aromatic heterocycles. The molecule has 1 fully saturated rings. The van der Waals surface area contributed by atoms with Crippen molar-refractivity contribution in [2.24, 2.45) is 0 Å². The van der Waals surface area contributed by atoms with Crippen molar-refractivity contribution in [3.05, 3.63) is 69.4 Å². The average Bonchev–Trinajstić information content (AvgIpc) is 3.51. The number of nitrogens with one attached hydrogen (secondary N) is 1. The molecule has 0 aliphatic carbocycles. The van der Waals surface area contributed by atoms with Crippen LogP contribution in [0, 0.1) is 19.7 Å². The van der Waals surface area contributed by atoms with Gasteiger partial charge in [0.1, 0.15) is 5.82 Å². The minimum absolute atomic E-state index is 0.0882. The minimum Gasteiger partial charge on any atom is -0.376 e. The SMILES string of the molecule is Cc1nc(SCC(=O)N[C@H](c2ccc(F)cc2)c2cccs2)n(C[C@@H]2CCCO2)c1C. The lowest BCUT2D eigenvalue weighted by atomic mass is 10.1. The van der Waals surface area contributed by atoms with Crippen molar-refractivity contribution >= 4 is 29.0 Å².